The summed E-state index contributed by atoms with van der Waals surface area (Å²) in [4.78, 5) is 4.32. The maximum absolute atomic E-state index is 14.0. The van der Waals surface area contributed by atoms with Crippen LogP contribution in [0.3, 0.4) is 0 Å². The lowest BCUT2D eigenvalue weighted by molar-refractivity contribution is 0.411. The Morgan fingerprint density at radius 1 is 1.10 bits per heavy atom. The van der Waals surface area contributed by atoms with Gasteiger partial charge in [0.15, 0.2) is 11.6 Å². The van der Waals surface area contributed by atoms with Crippen LogP contribution in [-0.2, 0) is 0 Å². The van der Waals surface area contributed by atoms with Crippen LogP contribution in [0.2, 0.25) is 0 Å². The molecule has 0 aliphatic rings. The number of nitrogens with one attached hydrogen (secondary N) is 1. The van der Waals surface area contributed by atoms with E-state index < -0.39 is 5.82 Å². The highest BCUT2D eigenvalue weighted by Gasteiger charge is 2.12. The first-order valence-electron chi connectivity index (χ1n) is 6.09. The van der Waals surface area contributed by atoms with E-state index in [9.17, 15) is 4.39 Å². The van der Waals surface area contributed by atoms with E-state index in [0.717, 1.165) is 5.56 Å². The van der Waals surface area contributed by atoms with Crippen molar-refractivity contribution in [2.24, 2.45) is 0 Å². The van der Waals surface area contributed by atoms with E-state index in [1.807, 2.05) is 30.3 Å². The Morgan fingerprint density at radius 2 is 1.90 bits per heavy atom. The maximum atomic E-state index is 14.0. The van der Waals surface area contributed by atoms with Gasteiger partial charge < -0.3 is 4.74 Å². The molecule has 20 heavy (non-hydrogen) atoms. The predicted octanol–water partition coefficient (Wildman–Crippen LogP) is 3.29. The second kappa shape index (κ2) is 5.13. The number of H-pyrrole nitrogens is 1. The van der Waals surface area contributed by atoms with Crippen molar-refractivity contribution in [1.82, 2.24) is 15.2 Å². The summed E-state index contributed by atoms with van der Waals surface area (Å²) in [6.07, 6.45) is 0. The van der Waals surface area contributed by atoms with Crippen LogP contribution in [0.5, 0.6) is 5.75 Å². The maximum Gasteiger partial charge on any atom is 0.181 e. The van der Waals surface area contributed by atoms with Crippen molar-refractivity contribution in [3.8, 4) is 28.5 Å². The highest BCUT2D eigenvalue weighted by atomic mass is 19.1. The van der Waals surface area contributed by atoms with Gasteiger partial charge in [-0.05, 0) is 12.1 Å². The van der Waals surface area contributed by atoms with E-state index in [0.29, 0.717) is 23.0 Å². The van der Waals surface area contributed by atoms with E-state index in [1.54, 1.807) is 12.1 Å². The van der Waals surface area contributed by atoms with Gasteiger partial charge >= 0.3 is 0 Å². The van der Waals surface area contributed by atoms with E-state index in [-0.39, 0.29) is 0 Å². The molecular formula is C15H12FN3O. The summed E-state index contributed by atoms with van der Waals surface area (Å²) in [6.45, 7) is 0. The fourth-order valence-corrected chi connectivity index (χ4v) is 1.91. The van der Waals surface area contributed by atoms with Crippen LogP contribution in [0.25, 0.3) is 22.8 Å². The molecule has 1 heterocycles. The number of rotatable bonds is 3. The Bertz CT molecular complexity index is 725. The van der Waals surface area contributed by atoms with E-state index in [2.05, 4.69) is 15.2 Å². The van der Waals surface area contributed by atoms with Crippen LogP contribution in [0.15, 0.2) is 48.5 Å². The number of methoxy groups -OCH3 is 1. The Labute approximate surface area is 115 Å². The van der Waals surface area contributed by atoms with Crippen molar-refractivity contribution in [1.29, 1.82) is 0 Å². The minimum Gasteiger partial charge on any atom is -0.497 e. The smallest absolute Gasteiger partial charge is 0.181 e. The first kappa shape index (κ1) is 12.3. The summed E-state index contributed by atoms with van der Waals surface area (Å²) in [5, 5.41) is 6.87. The number of hydrogen-bond acceptors (Lipinski definition) is 3. The largest absolute Gasteiger partial charge is 0.497 e. The van der Waals surface area contributed by atoms with Crippen LogP contribution >= 0.6 is 0 Å². The molecule has 0 radical (unpaired) electrons. The number of hydrogen-bond donors (Lipinski definition) is 1. The second-order valence-corrected chi connectivity index (χ2v) is 4.22. The van der Waals surface area contributed by atoms with Crippen molar-refractivity contribution in [3.63, 3.8) is 0 Å². The molecule has 0 atom stereocenters. The summed E-state index contributed by atoms with van der Waals surface area (Å²) in [5.41, 5.74) is 1.24. The van der Waals surface area contributed by atoms with E-state index in [4.69, 9.17) is 4.74 Å². The SMILES string of the molecule is COc1ccc(-c2nc(-c3ccccc3)n[nH]2)c(F)c1. The third kappa shape index (κ3) is 2.25. The summed E-state index contributed by atoms with van der Waals surface area (Å²) in [6, 6.07) is 14.1. The van der Waals surface area contributed by atoms with Gasteiger partial charge in [-0.15, -0.1) is 0 Å². The zero-order valence-electron chi connectivity index (χ0n) is 10.8. The van der Waals surface area contributed by atoms with Crippen molar-refractivity contribution in [3.05, 3.63) is 54.3 Å². The van der Waals surface area contributed by atoms with Gasteiger partial charge in [-0.3, -0.25) is 5.10 Å². The molecule has 4 nitrogen and oxygen atoms in total. The lowest BCUT2D eigenvalue weighted by Gasteiger charge is -2.02. The standard InChI is InChI=1S/C15H12FN3O/c1-20-11-7-8-12(13(16)9-11)15-17-14(18-19-15)10-5-3-2-4-6-10/h2-9H,1H3,(H,17,18,19). The number of nitrogens with zero attached hydrogens (tertiary/aromatic N) is 2. The first-order chi connectivity index (χ1) is 9.78. The Hall–Kier alpha value is -2.69. The van der Waals surface area contributed by atoms with Crippen molar-refractivity contribution in [2.45, 2.75) is 0 Å². The topological polar surface area (TPSA) is 50.8 Å². The zero-order chi connectivity index (χ0) is 13.9. The monoisotopic (exact) mass is 269 g/mol. The van der Waals surface area contributed by atoms with Gasteiger partial charge in [0.25, 0.3) is 0 Å². The Morgan fingerprint density at radius 3 is 2.60 bits per heavy atom. The van der Waals surface area contributed by atoms with Gasteiger partial charge in [0.2, 0.25) is 0 Å². The van der Waals surface area contributed by atoms with Gasteiger partial charge in [0.1, 0.15) is 11.6 Å². The molecule has 0 saturated carbocycles. The van der Waals surface area contributed by atoms with Crippen LogP contribution in [0, 0.1) is 5.82 Å². The third-order valence-corrected chi connectivity index (χ3v) is 2.95. The molecule has 0 aliphatic heterocycles. The van der Waals surface area contributed by atoms with Crippen LogP contribution in [0.1, 0.15) is 0 Å². The highest BCUT2D eigenvalue weighted by Crippen LogP contribution is 2.25. The van der Waals surface area contributed by atoms with E-state index in [1.165, 1.54) is 13.2 Å². The van der Waals surface area contributed by atoms with Crippen molar-refractivity contribution in [2.75, 3.05) is 7.11 Å². The fraction of sp³-hybridized carbons (Fsp3) is 0.0667. The molecule has 0 amide bonds. The van der Waals surface area contributed by atoms with Gasteiger partial charge in [-0.25, -0.2) is 9.37 Å². The second-order valence-electron chi connectivity index (χ2n) is 4.22. The fourth-order valence-electron chi connectivity index (χ4n) is 1.91. The zero-order valence-corrected chi connectivity index (χ0v) is 10.8. The van der Waals surface area contributed by atoms with Crippen LogP contribution in [0.4, 0.5) is 4.39 Å². The quantitative estimate of drug-likeness (QED) is 0.793. The first-order valence-corrected chi connectivity index (χ1v) is 6.09. The number of benzene rings is 2. The Kier molecular flexibility index (Phi) is 3.16. The van der Waals surface area contributed by atoms with Gasteiger partial charge in [0, 0.05) is 11.6 Å². The molecule has 0 aliphatic carbocycles. The molecule has 0 fully saturated rings. The molecule has 3 aromatic rings. The molecule has 100 valence electrons. The molecule has 3 rings (SSSR count). The van der Waals surface area contributed by atoms with Gasteiger partial charge in [0.05, 0.1) is 12.7 Å². The lowest BCUT2D eigenvalue weighted by Crippen LogP contribution is -1.89. The van der Waals surface area contributed by atoms with Gasteiger partial charge in [-0.1, -0.05) is 30.3 Å². The minimum atomic E-state index is -0.403. The molecule has 5 heteroatoms. The Balaban J connectivity index is 1.98. The number of halogens is 1. The summed E-state index contributed by atoms with van der Waals surface area (Å²) < 4.78 is 18.9. The number of aromatic nitrogens is 3. The average molecular weight is 269 g/mol. The van der Waals surface area contributed by atoms with E-state index >= 15 is 0 Å². The normalized spacial score (nSPS) is 10.5. The minimum absolute atomic E-state index is 0.362. The van der Waals surface area contributed by atoms with Crippen molar-refractivity contribution >= 4 is 0 Å². The molecule has 0 bridgehead atoms. The molecule has 1 aromatic heterocycles. The average Bonchev–Trinajstić information content (AvgIpc) is 2.97. The lowest BCUT2D eigenvalue weighted by atomic mass is 10.2. The number of aromatic amines is 1. The summed E-state index contributed by atoms with van der Waals surface area (Å²) >= 11 is 0. The predicted molar refractivity (Wildman–Crippen MR) is 73.8 cm³/mol. The summed E-state index contributed by atoms with van der Waals surface area (Å²) in [7, 11) is 1.50. The molecule has 2 aromatic carbocycles. The molecule has 1 N–H and O–H groups in total. The highest BCUT2D eigenvalue weighted by molar-refractivity contribution is 5.62. The molecule has 0 saturated heterocycles. The van der Waals surface area contributed by atoms with Gasteiger partial charge in [-0.2, -0.15) is 5.10 Å². The number of ether oxygens (including phenoxy) is 1. The molecule has 0 unspecified atom stereocenters. The van der Waals surface area contributed by atoms with Crippen LogP contribution in [-0.4, -0.2) is 22.3 Å². The molecule has 0 spiro atoms. The summed E-state index contributed by atoms with van der Waals surface area (Å²) in [5.74, 6) is 0.994. The molecular weight excluding hydrogens is 257 g/mol. The third-order valence-electron chi connectivity index (χ3n) is 2.95. The van der Waals surface area contributed by atoms with Crippen molar-refractivity contribution < 1.29 is 9.13 Å². The van der Waals surface area contributed by atoms with Crippen LogP contribution < -0.4 is 4.74 Å².